The van der Waals surface area contributed by atoms with Crippen LogP contribution in [0.15, 0.2) is 0 Å². The monoisotopic (exact) mass is 1110 g/mol. The van der Waals surface area contributed by atoms with E-state index in [1.165, 1.54) is 263 Å². The van der Waals surface area contributed by atoms with Gasteiger partial charge in [-0.1, -0.05) is 326 Å². The van der Waals surface area contributed by atoms with Crippen LogP contribution in [0.2, 0.25) is 0 Å². The first-order valence-corrected chi connectivity index (χ1v) is 35.6. The zero-order chi connectivity index (χ0) is 57.4. The highest BCUT2D eigenvalue weighted by atomic mass is 16.5. The Balaban J connectivity index is 5.21. The predicted octanol–water partition coefficient (Wildman–Crippen LogP) is 20.1. The molecule has 0 aliphatic heterocycles. The second kappa shape index (κ2) is 59.9. The molecular weight excluding hydrogens is 961 g/mol. The molecule has 0 amide bonds. The van der Waals surface area contributed by atoms with Crippen LogP contribution < -0.4 is 0 Å². The molecular formula is C71H146N2O5. The third-order valence-electron chi connectivity index (χ3n) is 18.4. The summed E-state index contributed by atoms with van der Waals surface area (Å²) in [6, 6.07) is 0. The van der Waals surface area contributed by atoms with Gasteiger partial charge in [-0.05, 0) is 48.9 Å². The van der Waals surface area contributed by atoms with Crippen molar-refractivity contribution in [1.29, 1.82) is 0 Å². The van der Waals surface area contributed by atoms with Crippen molar-refractivity contribution in [1.82, 2.24) is 9.80 Å². The summed E-state index contributed by atoms with van der Waals surface area (Å²) in [4.78, 5) is 4.78. The summed E-state index contributed by atoms with van der Waals surface area (Å²) >= 11 is 0. The normalized spacial score (nSPS) is 15.3. The molecule has 8 atom stereocenters. The molecule has 0 aromatic heterocycles. The summed E-state index contributed by atoms with van der Waals surface area (Å²) in [6.45, 7) is 27.5. The maximum Gasteiger partial charge on any atom is 0.0701 e. The van der Waals surface area contributed by atoms with Crippen LogP contribution in [0.4, 0.5) is 0 Å². The Morgan fingerprint density at radius 1 is 0.244 bits per heavy atom. The van der Waals surface area contributed by atoms with Gasteiger partial charge >= 0.3 is 0 Å². The lowest BCUT2D eigenvalue weighted by Gasteiger charge is -2.32. The number of ether oxygens (including phenoxy) is 2. The number of hydrogen-bond acceptors (Lipinski definition) is 7. The number of rotatable bonds is 65. The van der Waals surface area contributed by atoms with E-state index < -0.39 is 12.2 Å². The number of nitrogens with zero attached hydrogens (tertiary/aromatic N) is 2. The van der Waals surface area contributed by atoms with Crippen LogP contribution >= 0.6 is 0 Å². The first kappa shape index (κ1) is 77.7. The van der Waals surface area contributed by atoms with Crippen LogP contribution in [-0.2, 0) is 9.47 Å². The van der Waals surface area contributed by atoms with Crippen molar-refractivity contribution in [2.24, 2.45) is 29.6 Å². The van der Waals surface area contributed by atoms with Crippen molar-refractivity contribution < 1.29 is 24.8 Å². The molecule has 0 aromatic rings. The minimum absolute atomic E-state index is 0.237. The molecule has 0 aliphatic carbocycles. The van der Waals surface area contributed by atoms with E-state index in [2.05, 4.69) is 72.1 Å². The van der Waals surface area contributed by atoms with Gasteiger partial charge in [0.1, 0.15) is 0 Å². The lowest BCUT2D eigenvalue weighted by Crippen LogP contribution is -2.43. The molecule has 8 unspecified atom stereocenters. The van der Waals surface area contributed by atoms with Crippen LogP contribution in [0.3, 0.4) is 0 Å². The highest BCUT2D eigenvalue weighted by Crippen LogP contribution is 2.24. The summed E-state index contributed by atoms with van der Waals surface area (Å²) in [5.41, 5.74) is 0. The summed E-state index contributed by atoms with van der Waals surface area (Å²) in [5.74, 6) is 2.01. The minimum Gasteiger partial charge on any atom is -0.392 e. The SMILES string of the molecule is CCCCCCCCCCCCC(C)C(C)CN(CCOCCOCCN(CC(O)C(C)CCCCCCCCCCCC)CC(O)C(C)CCCCCCCCCCCC)CC(O)C(C)CCCCCCCCCCCC. The highest BCUT2D eigenvalue weighted by Gasteiger charge is 2.24. The van der Waals surface area contributed by atoms with E-state index in [9.17, 15) is 15.3 Å². The molecule has 0 spiro atoms. The Labute approximate surface area is 490 Å². The maximum absolute atomic E-state index is 11.6. The second-order valence-corrected chi connectivity index (χ2v) is 26.2. The molecule has 0 aliphatic rings. The van der Waals surface area contributed by atoms with E-state index in [-0.39, 0.29) is 17.9 Å². The molecule has 0 heterocycles. The van der Waals surface area contributed by atoms with Crippen molar-refractivity contribution in [2.45, 2.75) is 363 Å². The largest absolute Gasteiger partial charge is 0.392 e. The van der Waals surface area contributed by atoms with Crippen molar-refractivity contribution in [3.63, 3.8) is 0 Å². The van der Waals surface area contributed by atoms with Crippen molar-refractivity contribution in [2.75, 3.05) is 65.7 Å². The maximum atomic E-state index is 11.6. The van der Waals surface area contributed by atoms with Gasteiger partial charge in [0.2, 0.25) is 0 Å². The van der Waals surface area contributed by atoms with E-state index in [0.29, 0.717) is 63.8 Å². The average Bonchev–Trinajstić information content (AvgIpc) is 3.43. The van der Waals surface area contributed by atoms with Gasteiger partial charge in [0.15, 0.2) is 0 Å². The van der Waals surface area contributed by atoms with Crippen LogP contribution in [0.25, 0.3) is 0 Å². The molecule has 0 bridgehead atoms. The molecule has 7 heteroatoms. The predicted molar refractivity (Wildman–Crippen MR) is 344 cm³/mol. The molecule has 78 heavy (non-hydrogen) atoms. The number of hydrogen-bond donors (Lipinski definition) is 3. The fourth-order valence-corrected chi connectivity index (χ4v) is 11.8. The number of unbranched alkanes of at least 4 members (excludes halogenated alkanes) is 36. The van der Waals surface area contributed by atoms with Gasteiger partial charge in [0.05, 0.1) is 44.7 Å². The third-order valence-corrected chi connectivity index (χ3v) is 18.4. The summed E-state index contributed by atoms with van der Waals surface area (Å²) in [7, 11) is 0. The number of aliphatic hydroxyl groups excluding tert-OH is 3. The fraction of sp³-hybridized carbons (Fsp3) is 1.00. The lowest BCUT2D eigenvalue weighted by atomic mass is 9.89. The van der Waals surface area contributed by atoms with E-state index in [0.717, 1.165) is 38.9 Å². The van der Waals surface area contributed by atoms with E-state index in [4.69, 9.17) is 9.47 Å². The Morgan fingerprint density at radius 2 is 0.449 bits per heavy atom. The molecule has 0 rings (SSSR count). The molecule has 0 saturated carbocycles. The molecule has 0 saturated heterocycles. The summed E-state index contributed by atoms with van der Waals surface area (Å²) < 4.78 is 12.5. The zero-order valence-corrected chi connectivity index (χ0v) is 54.9. The summed E-state index contributed by atoms with van der Waals surface area (Å²) in [5, 5.41) is 34.6. The summed E-state index contributed by atoms with van der Waals surface area (Å²) in [6.07, 6.45) is 57.4. The van der Waals surface area contributed by atoms with Gasteiger partial charge in [-0.2, -0.15) is 0 Å². The standard InChI is InChI=1S/C71H146N2O5/c1-10-14-18-22-26-30-34-38-42-46-50-64(5)68(9)60-72(61-69(74)65(6)51-47-43-39-35-31-27-23-19-15-11-2)54-56-77-58-59-78-57-55-73(62-70(75)66(7)52-48-44-40-36-32-28-24-20-16-12-3)63-71(76)67(8)53-49-45-41-37-33-29-25-21-17-13-4/h64-71,74-76H,10-63H2,1-9H3. The van der Waals surface area contributed by atoms with E-state index in [1.807, 2.05) is 0 Å². The Morgan fingerprint density at radius 3 is 0.692 bits per heavy atom. The zero-order valence-electron chi connectivity index (χ0n) is 54.9. The smallest absolute Gasteiger partial charge is 0.0701 e. The number of aliphatic hydroxyl groups is 3. The van der Waals surface area contributed by atoms with Crippen LogP contribution in [0.5, 0.6) is 0 Å². The molecule has 0 fully saturated rings. The third kappa shape index (κ3) is 51.4. The van der Waals surface area contributed by atoms with Gasteiger partial charge in [-0.25, -0.2) is 0 Å². The first-order chi connectivity index (χ1) is 38.0. The van der Waals surface area contributed by atoms with Gasteiger partial charge in [-0.15, -0.1) is 0 Å². The first-order valence-electron chi connectivity index (χ1n) is 35.6. The van der Waals surface area contributed by atoms with E-state index in [1.54, 1.807) is 0 Å². The lowest BCUT2D eigenvalue weighted by molar-refractivity contribution is -0.00220. The highest BCUT2D eigenvalue weighted by molar-refractivity contribution is 4.77. The minimum atomic E-state index is -0.411. The van der Waals surface area contributed by atoms with E-state index >= 15 is 0 Å². The molecule has 470 valence electrons. The van der Waals surface area contributed by atoms with Gasteiger partial charge in [0, 0.05) is 39.3 Å². The molecule has 7 nitrogen and oxygen atoms in total. The Bertz CT molecular complexity index is 983. The molecule has 0 aromatic carbocycles. The van der Waals surface area contributed by atoms with Gasteiger partial charge < -0.3 is 24.8 Å². The van der Waals surface area contributed by atoms with Crippen LogP contribution in [0.1, 0.15) is 345 Å². The van der Waals surface area contributed by atoms with Gasteiger partial charge in [0.25, 0.3) is 0 Å². The average molecular weight is 1110 g/mol. The van der Waals surface area contributed by atoms with Crippen molar-refractivity contribution in [3.8, 4) is 0 Å². The Hall–Kier alpha value is -0.280. The second-order valence-electron chi connectivity index (χ2n) is 26.2. The van der Waals surface area contributed by atoms with Crippen LogP contribution in [0, 0.1) is 29.6 Å². The molecule has 3 N–H and O–H groups in total. The quantitative estimate of drug-likeness (QED) is 0.0523. The van der Waals surface area contributed by atoms with Crippen LogP contribution in [-0.4, -0.2) is 109 Å². The van der Waals surface area contributed by atoms with Crippen molar-refractivity contribution in [3.05, 3.63) is 0 Å². The fourth-order valence-electron chi connectivity index (χ4n) is 11.8. The molecule has 0 radical (unpaired) electrons. The topological polar surface area (TPSA) is 85.6 Å². The Kier molecular flexibility index (Phi) is 59.6. The van der Waals surface area contributed by atoms with Gasteiger partial charge in [-0.3, -0.25) is 9.80 Å². The van der Waals surface area contributed by atoms with Crippen molar-refractivity contribution >= 4 is 0 Å².